The predicted octanol–water partition coefficient (Wildman–Crippen LogP) is 1.14. The third-order valence-corrected chi connectivity index (χ3v) is 5.33. The van der Waals surface area contributed by atoms with E-state index in [1.54, 1.807) is 0 Å². The number of amides is 2. The Labute approximate surface area is 161 Å². The summed E-state index contributed by atoms with van der Waals surface area (Å²) in [4.78, 5) is 28.9. The second-order valence-electron chi connectivity index (χ2n) is 7.04. The average molecular weight is 382 g/mol. The monoisotopic (exact) mass is 381 g/mol. The number of nitrogens with zero attached hydrogens (tertiary/aromatic N) is 2. The first-order valence-electron chi connectivity index (χ1n) is 8.98. The summed E-state index contributed by atoms with van der Waals surface area (Å²) in [6.45, 7) is 5.35. The molecule has 0 spiro atoms. The van der Waals surface area contributed by atoms with Gasteiger partial charge < -0.3 is 20.3 Å². The molecule has 0 bridgehead atoms. The zero-order valence-electron chi connectivity index (χ0n) is 15.3. The van der Waals surface area contributed by atoms with Gasteiger partial charge in [-0.3, -0.25) is 9.59 Å². The normalized spacial score (nSPS) is 19.6. The van der Waals surface area contributed by atoms with Crippen LogP contribution in [0.25, 0.3) is 0 Å². The lowest BCUT2D eigenvalue weighted by Gasteiger charge is -2.41. The smallest absolute Gasteiger partial charge is 0.242 e. The van der Waals surface area contributed by atoms with E-state index in [2.05, 4.69) is 0 Å². The number of halogens is 1. The standard InChI is InChI=1S/C19H27N3O3.ClH/c1-15-4-2-3-5-16(15)14-17(23)21-8-10-22(11-9-21)18(24)19(20)6-12-25-13-7-19;/h2-5H,6-14,20H2,1H3;1H. The Bertz CT molecular complexity index is 639. The van der Waals surface area contributed by atoms with Crippen LogP contribution in [-0.2, 0) is 20.7 Å². The summed E-state index contributed by atoms with van der Waals surface area (Å²) in [6.07, 6.45) is 1.55. The molecule has 2 amide bonds. The molecule has 3 rings (SSSR count). The summed E-state index contributed by atoms with van der Waals surface area (Å²) < 4.78 is 5.31. The van der Waals surface area contributed by atoms with Crippen LogP contribution in [0.15, 0.2) is 24.3 Å². The molecule has 0 radical (unpaired) electrons. The Hall–Kier alpha value is -1.63. The first-order valence-corrected chi connectivity index (χ1v) is 8.98. The highest BCUT2D eigenvalue weighted by Crippen LogP contribution is 2.21. The number of benzene rings is 1. The quantitative estimate of drug-likeness (QED) is 0.851. The maximum absolute atomic E-state index is 12.7. The summed E-state index contributed by atoms with van der Waals surface area (Å²) >= 11 is 0. The Morgan fingerprint density at radius 3 is 2.27 bits per heavy atom. The molecule has 2 saturated heterocycles. The molecule has 2 heterocycles. The number of hydrogen-bond donors (Lipinski definition) is 1. The summed E-state index contributed by atoms with van der Waals surface area (Å²) in [5.74, 6) is 0.122. The van der Waals surface area contributed by atoms with Crippen molar-refractivity contribution in [1.82, 2.24) is 9.80 Å². The molecule has 0 atom stereocenters. The number of piperazine rings is 1. The second-order valence-corrected chi connectivity index (χ2v) is 7.04. The third kappa shape index (κ3) is 4.55. The van der Waals surface area contributed by atoms with Crippen molar-refractivity contribution in [3.8, 4) is 0 Å². The van der Waals surface area contributed by atoms with Gasteiger partial charge in [-0.05, 0) is 30.9 Å². The largest absolute Gasteiger partial charge is 0.381 e. The van der Waals surface area contributed by atoms with Crippen LogP contribution in [0.5, 0.6) is 0 Å². The molecular formula is C19H28ClN3O3. The lowest BCUT2D eigenvalue weighted by molar-refractivity contribution is -0.145. The molecule has 0 aliphatic carbocycles. The summed E-state index contributed by atoms with van der Waals surface area (Å²) in [6, 6.07) is 7.96. The highest BCUT2D eigenvalue weighted by Gasteiger charge is 2.40. The average Bonchev–Trinajstić information content (AvgIpc) is 2.64. The van der Waals surface area contributed by atoms with E-state index in [9.17, 15) is 9.59 Å². The molecular weight excluding hydrogens is 354 g/mol. The van der Waals surface area contributed by atoms with E-state index in [1.165, 1.54) is 0 Å². The van der Waals surface area contributed by atoms with Gasteiger partial charge in [0.25, 0.3) is 0 Å². The first-order chi connectivity index (χ1) is 12.0. The van der Waals surface area contributed by atoms with Crippen LogP contribution in [0.2, 0.25) is 0 Å². The predicted molar refractivity (Wildman–Crippen MR) is 102 cm³/mol. The van der Waals surface area contributed by atoms with E-state index in [0.29, 0.717) is 58.7 Å². The van der Waals surface area contributed by atoms with Crippen LogP contribution in [-0.4, -0.2) is 66.5 Å². The highest BCUT2D eigenvalue weighted by atomic mass is 35.5. The van der Waals surface area contributed by atoms with Gasteiger partial charge in [-0.25, -0.2) is 0 Å². The summed E-state index contributed by atoms with van der Waals surface area (Å²) in [7, 11) is 0. The Kier molecular flexibility index (Phi) is 7.03. The number of aryl methyl sites for hydroxylation is 1. The number of carbonyl (C=O) groups is 2. The van der Waals surface area contributed by atoms with E-state index >= 15 is 0 Å². The maximum Gasteiger partial charge on any atom is 0.242 e. The number of nitrogens with two attached hydrogens (primary N) is 1. The van der Waals surface area contributed by atoms with Gasteiger partial charge in [-0.2, -0.15) is 0 Å². The molecule has 2 aliphatic heterocycles. The Balaban J connectivity index is 0.00000243. The van der Waals surface area contributed by atoms with Gasteiger partial charge in [-0.15, -0.1) is 12.4 Å². The van der Waals surface area contributed by atoms with Gasteiger partial charge in [0.15, 0.2) is 0 Å². The molecule has 1 aromatic rings. The zero-order valence-corrected chi connectivity index (χ0v) is 16.1. The molecule has 7 heteroatoms. The SMILES string of the molecule is Cc1ccccc1CC(=O)N1CCN(C(=O)C2(N)CCOCC2)CC1.Cl. The van der Waals surface area contributed by atoms with Crippen molar-refractivity contribution in [3.05, 3.63) is 35.4 Å². The Morgan fingerprint density at radius 1 is 1.08 bits per heavy atom. The number of carbonyl (C=O) groups excluding carboxylic acids is 2. The summed E-state index contributed by atoms with van der Waals surface area (Å²) in [5, 5.41) is 0. The van der Waals surface area contributed by atoms with Crippen molar-refractivity contribution < 1.29 is 14.3 Å². The second kappa shape index (κ2) is 8.84. The van der Waals surface area contributed by atoms with Gasteiger partial charge >= 0.3 is 0 Å². The van der Waals surface area contributed by atoms with E-state index in [1.807, 2.05) is 41.0 Å². The van der Waals surface area contributed by atoms with Crippen molar-refractivity contribution in [1.29, 1.82) is 0 Å². The topological polar surface area (TPSA) is 75.9 Å². The zero-order chi connectivity index (χ0) is 17.9. The van der Waals surface area contributed by atoms with Gasteiger partial charge in [0.1, 0.15) is 0 Å². The fraction of sp³-hybridized carbons (Fsp3) is 0.579. The van der Waals surface area contributed by atoms with E-state index < -0.39 is 5.54 Å². The van der Waals surface area contributed by atoms with Crippen molar-refractivity contribution in [2.24, 2.45) is 5.73 Å². The molecule has 0 unspecified atom stereocenters. The molecule has 2 N–H and O–H groups in total. The highest BCUT2D eigenvalue weighted by molar-refractivity contribution is 5.87. The van der Waals surface area contributed by atoms with Crippen LogP contribution in [0.3, 0.4) is 0 Å². The third-order valence-electron chi connectivity index (χ3n) is 5.33. The van der Waals surface area contributed by atoms with E-state index in [4.69, 9.17) is 10.5 Å². The molecule has 1 aromatic carbocycles. The minimum Gasteiger partial charge on any atom is -0.381 e. The number of rotatable bonds is 3. The molecule has 2 fully saturated rings. The van der Waals surface area contributed by atoms with E-state index in [0.717, 1.165) is 11.1 Å². The fourth-order valence-electron chi connectivity index (χ4n) is 3.51. The van der Waals surface area contributed by atoms with Crippen molar-refractivity contribution in [2.75, 3.05) is 39.4 Å². The Morgan fingerprint density at radius 2 is 1.65 bits per heavy atom. The molecule has 0 aromatic heterocycles. The van der Waals surface area contributed by atoms with Crippen LogP contribution in [0.1, 0.15) is 24.0 Å². The minimum absolute atomic E-state index is 0. The van der Waals surface area contributed by atoms with E-state index in [-0.39, 0.29) is 24.2 Å². The molecule has 2 aliphatic rings. The minimum atomic E-state index is -0.800. The first kappa shape index (κ1) is 20.7. The van der Waals surface area contributed by atoms with Gasteiger partial charge in [-0.1, -0.05) is 24.3 Å². The lowest BCUT2D eigenvalue weighted by Crippen LogP contribution is -2.61. The van der Waals surface area contributed by atoms with Crippen LogP contribution < -0.4 is 5.73 Å². The maximum atomic E-state index is 12.7. The van der Waals surface area contributed by atoms with Gasteiger partial charge in [0, 0.05) is 39.4 Å². The molecule has 6 nitrogen and oxygen atoms in total. The van der Waals surface area contributed by atoms with Crippen LogP contribution in [0, 0.1) is 6.92 Å². The van der Waals surface area contributed by atoms with Crippen molar-refractivity contribution >= 4 is 24.2 Å². The van der Waals surface area contributed by atoms with Crippen LogP contribution >= 0.6 is 12.4 Å². The summed E-state index contributed by atoms with van der Waals surface area (Å²) in [5.41, 5.74) is 7.69. The fourth-order valence-corrected chi connectivity index (χ4v) is 3.51. The van der Waals surface area contributed by atoms with Crippen molar-refractivity contribution in [3.63, 3.8) is 0 Å². The van der Waals surface area contributed by atoms with Crippen molar-refractivity contribution in [2.45, 2.75) is 31.7 Å². The number of ether oxygens (including phenoxy) is 1. The lowest BCUT2D eigenvalue weighted by atomic mass is 9.89. The van der Waals surface area contributed by atoms with Gasteiger partial charge in [0.2, 0.25) is 11.8 Å². The number of hydrogen-bond acceptors (Lipinski definition) is 4. The van der Waals surface area contributed by atoms with Gasteiger partial charge in [0.05, 0.1) is 12.0 Å². The van der Waals surface area contributed by atoms with Crippen LogP contribution in [0.4, 0.5) is 0 Å². The molecule has 26 heavy (non-hydrogen) atoms. The molecule has 144 valence electrons. The molecule has 0 saturated carbocycles.